The number of benzene rings is 2. The van der Waals surface area contributed by atoms with Gasteiger partial charge in [-0.15, -0.1) is 13.2 Å². The Morgan fingerprint density at radius 1 is 0.927 bits per heavy atom. The zero-order chi connectivity index (χ0) is 30.5. The van der Waals surface area contributed by atoms with E-state index in [0.29, 0.717) is 32.7 Å². The van der Waals surface area contributed by atoms with Crippen molar-refractivity contribution < 1.29 is 32.0 Å². The minimum Gasteiger partial charge on any atom is -0.486 e. The first-order valence-electron chi connectivity index (χ1n) is 13.3. The van der Waals surface area contributed by atoms with Gasteiger partial charge >= 0.3 is 12.2 Å². The Morgan fingerprint density at radius 3 is 1.83 bits per heavy atom. The largest absolute Gasteiger partial charge is 0.573 e. The van der Waals surface area contributed by atoms with E-state index in [4.69, 9.17) is 9.16 Å². The number of nitrogens with zero attached hydrogens (tertiary/aromatic N) is 3. The Balaban J connectivity index is 1.83. The van der Waals surface area contributed by atoms with Gasteiger partial charge in [0.25, 0.3) is 4.73 Å². The number of hydrogen-bond acceptors (Lipinski definition) is 6. The predicted octanol–water partition coefficient (Wildman–Crippen LogP) is 8.76. The molecule has 0 saturated heterocycles. The van der Waals surface area contributed by atoms with E-state index in [1.54, 1.807) is 41.0 Å². The second-order valence-corrected chi connectivity index (χ2v) is 16.9. The fourth-order valence-corrected chi connectivity index (χ4v) is 11.3. The van der Waals surface area contributed by atoms with E-state index in [0.717, 1.165) is 5.56 Å². The van der Waals surface area contributed by atoms with Gasteiger partial charge in [0.15, 0.2) is 0 Å². The topological polar surface area (TPSA) is 88.7 Å². The molecule has 1 aromatic heterocycles. The van der Waals surface area contributed by atoms with Gasteiger partial charge in [-0.25, -0.2) is 0 Å². The fourth-order valence-electron chi connectivity index (χ4n) is 5.44. The highest BCUT2D eigenvalue weighted by atomic mass is 79.9. The molecule has 3 rings (SSSR count). The van der Waals surface area contributed by atoms with E-state index in [1.165, 1.54) is 18.3 Å². The average Bonchev–Trinajstić information content (AvgIpc) is 3.24. The normalized spacial score (nSPS) is 13.2. The molecular formula is C28H35BrF3N3O5Si. The molecule has 0 aliphatic heterocycles. The number of imidazole rings is 1. The van der Waals surface area contributed by atoms with Crippen LogP contribution in [0.4, 0.5) is 19.0 Å². The minimum absolute atomic E-state index is 0.253. The van der Waals surface area contributed by atoms with Gasteiger partial charge in [-0.3, -0.25) is 4.57 Å². The molecule has 0 fully saturated rings. The highest BCUT2D eigenvalue weighted by Gasteiger charge is 2.45. The third kappa shape index (κ3) is 8.32. The quantitative estimate of drug-likeness (QED) is 0.104. The molecule has 224 valence electrons. The SMILES string of the molecule is CC(C)[Si](OC[C@H](Cn1cc([N+](=O)[O-])nc1Br)Oc1ccc(-c2ccc(OC(F)(F)F)cc2)cc1)(C(C)C)C(C)C. The lowest BCUT2D eigenvalue weighted by Gasteiger charge is -2.43. The number of aromatic nitrogens is 2. The van der Waals surface area contributed by atoms with Gasteiger partial charge in [0.2, 0.25) is 8.32 Å². The van der Waals surface area contributed by atoms with E-state index in [2.05, 4.69) is 67.2 Å². The van der Waals surface area contributed by atoms with Gasteiger partial charge in [-0.2, -0.15) is 0 Å². The van der Waals surface area contributed by atoms with Crippen LogP contribution in [0, 0.1) is 10.1 Å². The summed E-state index contributed by atoms with van der Waals surface area (Å²) in [5.41, 5.74) is 2.56. The molecule has 0 saturated carbocycles. The summed E-state index contributed by atoms with van der Waals surface area (Å²) in [6.07, 6.45) is -3.89. The van der Waals surface area contributed by atoms with E-state index >= 15 is 0 Å². The molecule has 1 atom stereocenters. The predicted molar refractivity (Wildman–Crippen MR) is 157 cm³/mol. The number of halogens is 4. The molecule has 2 aromatic carbocycles. The number of ether oxygens (including phenoxy) is 2. The van der Waals surface area contributed by atoms with Crippen LogP contribution >= 0.6 is 15.9 Å². The van der Waals surface area contributed by atoms with Crippen molar-refractivity contribution in [3.8, 4) is 22.6 Å². The van der Waals surface area contributed by atoms with Crippen LogP contribution in [0.25, 0.3) is 11.1 Å². The zero-order valence-electron chi connectivity index (χ0n) is 23.8. The second-order valence-electron chi connectivity index (χ2n) is 10.7. The van der Waals surface area contributed by atoms with Crippen LogP contribution in [-0.4, -0.2) is 41.9 Å². The number of rotatable bonds is 13. The molecule has 0 radical (unpaired) electrons. The van der Waals surface area contributed by atoms with E-state index in [9.17, 15) is 23.3 Å². The number of alkyl halides is 3. The summed E-state index contributed by atoms with van der Waals surface area (Å²) in [6, 6.07) is 12.8. The smallest absolute Gasteiger partial charge is 0.486 e. The average molecular weight is 659 g/mol. The molecule has 1 heterocycles. The number of nitro groups is 1. The van der Waals surface area contributed by atoms with Gasteiger partial charge in [-0.1, -0.05) is 65.8 Å². The second kappa shape index (κ2) is 13.4. The Hall–Kier alpha value is -2.90. The Kier molecular flexibility index (Phi) is 10.6. The summed E-state index contributed by atoms with van der Waals surface area (Å²) in [5.74, 6) is -0.0161. The lowest BCUT2D eigenvalue weighted by Crippen LogP contribution is -2.50. The van der Waals surface area contributed by atoms with Gasteiger partial charge in [-0.05, 0) is 61.9 Å². The summed E-state index contributed by atoms with van der Waals surface area (Å²) in [7, 11) is -2.23. The van der Waals surface area contributed by atoms with Crippen LogP contribution in [0.2, 0.25) is 16.6 Å². The van der Waals surface area contributed by atoms with Crippen molar-refractivity contribution in [3.05, 3.63) is 69.6 Å². The Labute approximate surface area is 247 Å². The molecule has 8 nitrogen and oxygen atoms in total. The van der Waals surface area contributed by atoms with Gasteiger partial charge in [0, 0.05) is 15.9 Å². The highest BCUT2D eigenvalue weighted by molar-refractivity contribution is 9.10. The van der Waals surface area contributed by atoms with Gasteiger partial charge in [0.1, 0.15) is 23.8 Å². The Bertz CT molecular complexity index is 1280. The van der Waals surface area contributed by atoms with E-state index in [1.807, 2.05) is 0 Å². The maximum absolute atomic E-state index is 12.5. The van der Waals surface area contributed by atoms with Crippen molar-refractivity contribution in [2.45, 2.75) is 77.2 Å². The van der Waals surface area contributed by atoms with Crippen molar-refractivity contribution in [2.75, 3.05) is 6.61 Å². The van der Waals surface area contributed by atoms with E-state index in [-0.39, 0.29) is 24.7 Å². The van der Waals surface area contributed by atoms with Crippen molar-refractivity contribution >= 4 is 30.1 Å². The lowest BCUT2D eigenvalue weighted by molar-refractivity contribution is -0.389. The minimum atomic E-state index is -4.75. The van der Waals surface area contributed by atoms with Crippen LogP contribution in [-0.2, 0) is 11.0 Å². The van der Waals surface area contributed by atoms with Crippen molar-refractivity contribution in [2.24, 2.45) is 0 Å². The molecule has 41 heavy (non-hydrogen) atoms. The summed E-state index contributed by atoms with van der Waals surface area (Å²) in [6.45, 7) is 13.7. The van der Waals surface area contributed by atoms with Crippen molar-refractivity contribution in [3.63, 3.8) is 0 Å². The maximum atomic E-state index is 12.5. The molecule has 0 amide bonds. The summed E-state index contributed by atoms with van der Waals surface area (Å²) in [5, 5.41) is 11.3. The molecule has 0 bridgehead atoms. The van der Waals surface area contributed by atoms with Crippen LogP contribution in [0.15, 0.2) is 59.5 Å². The van der Waals surface area contributed by atoms with Crippen LogP contribution < -0.4 is 9.47 Å². The third-order valence-electron chi connectivity index (χ3n) is 7.11. The van der Waals surface area contributed by atoms with Crippen LogP contribution in [0.1, 0.15) is 41.5 Å². The monoisotopic (exact) mass is 657 g/mol. The van der Waals surface area contributed by atoms with Gasteiger partial charge in [0.05, 0.1) is 13.2 Å². The maximum Gasteiger partial charge on any atom is 0.573 e. The zero-order valence-corrected chi connectivity index (χ0v) is 26.4. The van der Waals surface area contributed by atoms with Crippen molar-refractivity contribution in [1.82, 2.24) is 9.55 Å². The molecule has 3 aromatic rings. The summed E-state index contributed by atoms with van der Waals surface area (Å²) in [4.78, 5) is 14.7. The molecule has 0 unspecified atom stereocenters. The standard InChI is InChI=1S/C28H35BrF3N3O5Si/c1-18(2)41(19(3)4,20(5)6)38-17-25(15-34-16-26(35(36)37)33-27(34)29)39-23-11-7-21(8-12-23)22-9-13-24(14-10-22)40-28(30,31)32/h7-14,16,18-20,25H,15,17H2,1-6H3/t25-/m0/s1. The van der Waals surface area contributed by atoms with Gasteiger partial charge < -0.3 is 24.0 Å². The van der Waals surface area contributed by atoms with Crippen LogP contribution in [0.5, 0.6) is 11.5 Å². The molecule has 13 heteroatoms. The van der Waals surface area contributed by atoms with E-state index < -0.39 is 25.7 Å². The van der Waals surface area contributed by atoms with Crippen molar-refractivity contribution in [1.29, 1.82) is 0 Å². The molecule has 0 aliphatic rings. The highest BCUT2D eigenvalue weighted by Crippen LogP contribution is 2.42. The molecular weight excluding hydrogens is 623 g/mol. The first kappa shape index (κ1) is 32.6. The summed E-state index contributed by atoms with van der Waals surface area (Å²) >= 11 is 3.30. The molecule has 0 spiro atoms. The molecule has 0 N–H and O–H groups in total. The number of hydrogen-bond donors (Lipinski definition) is 0. The lowest BCUT2D eigenvalue weighted by atomic mass is 10.1. The Morgan fingerprint density at radius 2 is 1.41 bits per heavy atom. The summed E-state index contributed by atoms with van der Waals surface area (Å²) < 4.78 is 56.4. The molecule has 0 aliphatic carbocycles. The third-order valence-corrected chi connectivity index (χ3v) is 13.8. The van der Waals surface area contributed by atoms with Crippen LogP contribution in [0.3, 0.4) is 0 Å². The fraction of sp³-hybridized carbons (Fsp3) is 0.464. The first-order valence-corrected chi connectivity index (χ1v) is 16.2. The first-order chi connectivity index (χ1) is 19.1.